The van der Waals surface area contributed by atoms with Crippen LogP contribution in [0, 0.1) is 5.92 Å². The van der Waals surface area contributed by atoms with Crippen LogP contribution in [0.3, 0.4) is 0 Å². The second-order valence-corrected chi connectivity index (χ2v) is 8.34. The van der Waals surface area contributed by atoms with E-state index in [4.69, 9.17) is 9.47 Å². The summed E-state index contributed by atoms with van der Waals surface area (Å²) in [6, 6.07) is 0. The third-order valence-electron chi connectivity index (χ3n) is 5.91. The predicted molar refractivity (Wildman–Crippen MR) is 105 cm³/mol. The minimum atomic E-state index is 0.124. The van der Waals surface area contributed by atoms with Gasteiger partial charge in [0.1, 0.15) is 0 Å². The van der Waals surface area contributed by atoms with Crippen LogP contribution >= 0.6 is 0 Å². The molecule has 0 spiro atoms. The summed E-state index contributed by atoms with van der Waals surface area (Å²) >= 11 is 0. The molecule has 3 aliphatic heterocycles. The van der Waals surface area contributed by atoms with E-state index in [1.54, 1.807) is 0 Å². The summed E-state index contributed by atoms with van der Waals surface area (Å²) in [5.74, 6) is 1.77. The molecule has 26 heavy (non-hydrogen) atoms. The molecule has 3 saturated heterocycles. The molecule has 3 fully saturated rings. The van der Waals surface area contributed by atoms with Crippen LogP contribution in [0.1, 0.15) is 20.3 Å². The van der Waals surface area contributed by atoms with Crippen molar-refractivity contribution in [3.63, 3.8) is 0 Å². The highest BCUT2D eigenvalue weighted by molar-refractivity contribution is 5.80. The second-order valence-electron chi connectivity index (χ2n) is 8.34. The third kappa shape index (κ3) is 5.31. The molecule has 0 aromatic rings. The van der Waals surface area contributed by atoms with Crippen LogP contribution in [0.2, 0.25) is 0 Å². The molecule has 3 heterocycles. The van der Waals surface area contributed by atoms with Gasteiger partial charge in [-0.2, -0.15) is 0 Å². The summed E-state index contributed by atoms with van der Waals surface area (Å²) in [5.41, 5.74) is 0.124. The van der Waals surface area contributed by atoms with E-state index in [0.717, 1.165) is 84.1 Å². The van der Waals surface area contributed by atoms with Gasteiger partial charge in [-0.05, 0) is 26.2 Å². The van der Waals surface area contributed by atoms with Gasteiger partial charge >= 0.3 is 0 Å². The molecule has 3 rings (SSSR count). The highest BCUT2D eigenvalue weighted by Crippen LogP contribution is 2.18. The molecule has 0 radical (unpaired) electrons. The summed E-state index contributed by atoms with van der Waals surface area (Å²) in [6.07, 6.45) is 1.22. The standard InChI is InChI=1S/C19H37N5O2/c1-19(2)16-26-13-11-24(19)6-5-21-18(20-3)23-9-7-22(8-10-23)14-17-4-12-25-15-17/h17H,4-16H2,1-3H3,(H,20,21). The molecule has 0 saturated carbocycles. The highest BCUT2D eigenvalue weighted by Gasteiger charge is 2.30. The first kappa shape index (κ1) is 19.9. The third-order valence-corrected chi connectivity index (χ3v) is 5.91. The Morgan fingerprint density at radius 3 is 2.58 bits per heavy atom. The number of piperazine rings is 1. The Kier molecular flexibility index (Phi) is 7.14. The first-order chi connectivity index (χ1) is 12.6. The SMILES string of the molecule is CN=C(NCCN1CCOCC1(C)C)N1CCN(CC2CCOC2)CC1. The molecule has 150 valence electrons. The molecule has 0 aromatic heterocycles. The normalized spacial score (nSPS) is 28.5. The zero-order chi connectivity index (χ0) is 18.4. The van der Waals surface area contributed by atoms with Crippen molar-refractivity contribution in [3.8, 4) is 0 Å². The van der Waals surface area contributed by atoms with Crippen molar-refractivity contribution < 1.29 is 9.47 Å². The first-order valence-electron chi connectivity index (χ1n) is 10.2. The van der Waals surface area contributed by atoms with Crippen LogP contribution in [-0.2, 0) is 9.47 Å². The number of hydrogen-bond donors (Lipinski definition) is 1. The molecule has 1 N–H and O–H groups in total. The first-order valence-corrected chi connectivity index (χ1v) is 10.2. The summed E-state index contributed by atoms with van der Waals surface area (Å²) < 4.78 is 11.1. The van der Waals surface area contributed by atoms with Crippen LogP contribution < -0.4 is 5.32 Å². The van der Waals surface area contributed by atoms with Crippen molar-refractivity contribution in [3.05, 3.63) is 0 Å². The predicted octanol–water partition coefficient (Wildman–Crippen LogP) is 0.327. The van der Waals surface area contributed by atoms with E-state index in [2.05, 4.69) is 38.9 Å². The minimum absolute atomic E-state index is 0.124. The number of hydrogen-bond acceptors (Lipinski definition) is 5. The van der Waals surface area contributed by atoms with Crippen LogP contribution in [0.5, 0.6) is 0 Å². The molecule has 0 aromatic carbocycles. The lowest BCUT2D eigenvalue weighted by atomic mass is 10.0. The van der Waals surface area contributed by atoms with Gasteiger partial charge in [0.2, 0.25) is 0 Å². The molecular weight excluding hydrogens is 330 g/mol. The van der Waals surface area contributed by atoms with Gasteiger partial charge in [-0.1, -0.05) is 0 Å². The maximum absolute atomic E-state index is 5.61. The van der Waals surface area contributed by atoms with Gasteiger partial charge in [-0.3, -0.25) is 14.8 Å². The largest absolute Gasteiger partial charge is 0.381 e. The lowest BCUT2D eigenvalue weighted by Crippen LogP contribution is -2.56. The number of aliphatic imine (C=N–C) groups is 1. The Morgan fingerprint density at radius 1 is 1.12 bits per heavy atom. The van der Waals surface area contributed by atoms with E-state index in [1.165, 1.54) is 13.0 Å². The monoisotopic (exact) mass is 367 g/mol. The van der Waals surface area contributed by atoms with Gasteiger partial charge in [-0.25, -0.2) is 0 Å². The zero-order valence-corrected chi connectivity index (χ0v) is 16.9. The van der Waals surface area contributed by atoms with Gasteiger partial charge in [0.05, 0.1) is 19.8 Å². The number of morpholine rings is 1. The lowest BCUT2D eigenvalue weighted by molar-refractivity contribution is -0.0496. The lowest BCUT2D eigenvalue weighted by Gasteiger charge is -2.42. The van der Waals surface area contributed by atoms with Crippen molar-refractivity contribution in [1.82, 2.24) is 20.0 Å². The Labute approximate surface area is 158 Å². The quantitative estimate of drug-likeness (QED) is 0.558. The average Bonchev–Trinajstić information content (AvgIpc) is 3.14. The van der Waals surface area contributed by atoms with Gasteiger partial charge in [-0.15, -0.1) is 0 Å². The summed E-state index contributed by atoms with van der Waals surface area (Å²) in [5, 5.41) is 3.57. The number of rotatable bonds is 5. The minimum Gasteiger partial charge on any atom is -0.381 e. The van der Waals surface area contributed by atoms with Crippen molar-refractivity contribution in [2.45, 2.75) is 25.8 Å². The second kappa shape index (κ2) is 9.35. The summed E-state index contributed by atoms with van der Waals surface area (Å²) in [7, 11) is 1.89. The van der Waals surface area contributed by atoms with Crippen molar-refractivity contribution in [2.24, 2.45) is 10.9 Å². The molecule has 0 amide bonds. The van der Waals surface area contributed by atoms with Crippen LogP contribution in [-0.4, -0.2) is 112 Å². The molecule has 1 atom stereocenters. The van der Waals surface area contributed by atoms with E-state index >= 15 is 0 Å². The highest BCUT2D eigenvalue weighted by atomic mass is 16.5. The Hall–Kier alpha value is -0.890. The maximum atomic E-state index is 5.61. The molecular formula is C19H37N5O2. The summed E-state index contributed by atoms with van der Waals surface area (Å²) in [4.78, 5) is 12.0. The molecule has 7 heteroatoms. The number of guanidine groups is 1. The average molecular weight is 368 g/mol. The number of nitrogens with zero attached hydrogens (tertiary/aromatic N) is 4. The number of ether oxygens (including phenoxy) is 2. The van der Waals surface area contributed by atoms with Crippen molar-refractivity contribution in [2.75, 3.05) is 85.8 Å². The fourth-order valence-corrected chi connectivity index (χ4v) is 4.17. The van der Waals surface area contributed by atoms with E-state index in [-0.39, 0.29) is 5.54 Å². The summed E-state index contributed by atoms with van der Waals surface area (Å²) in [6.45, 7) is 16.6. The zero-order valence-electron chi connectivity index (χ0n) is 16.9. The van der Waals surface area contributed by atoms with E-state index in [0.29, 0.717) is 0 Å². The fraction of sp³-hybridized carbons (Fsp3) is 0.947. The van der Waals surface area contributed by atoms with E-state index in [1.807, 2.05) is 7.05 Å². The molecule has 3 aliphatic rings. The van der Waals surface area contributed by atoms with E-state index in [9.17, 15) is 0 Å². The van der Waals surface area contributed by atoms with Gasteiger partial charge in [0.25, 0.3) is 0 Å². The molecule has 1 unspecified atom stereocenters. The Bertz CT molecular complexity index is 457. The smallest absolute Gasteiger partial charge is 0.193 e. The van der Waals surface area contributed by atoms with Crippen LogP contribution in [0.25, 0.3) is 0 Å². The molecule has 0 aliphatic carbocycles. The topological polar surface area (TPSA) is 52.6 Å². The van der Waals surface area contributed by atoms with Gasteiger partial charge in [0.15, 0.2) is 5.96 Å². The van der Waals surface area contributed by atoms with Gasteiger partial charge in [0, 0.05) is 71.6 Å². The Balaban J connectivity index is 1.38. The van der Waals surface area contributed by atoms with Crippen molar-refractivity contribution in [1.29, 1.82) is 0 Å². The number of nitrogens with one attached hydrogen (secondary N) is 1. The van der Waals surface area contributed by atoms with Gasteiger partial charge < -0.3 is 19.7 Å². The molecule has 7 nitrogen and oxygen atoms in total. The van der Waals surface area contributed by atoms with Crippen LogP contribution in [0.4, 0.5) is 0 Å². The van der Waals surface area contributed by atoms with E-state index < -0.39 is 0 Å². The Morgan fingerprint density at radius 2 is 1.92 bits per heavy atom. The maximum Gasteiger partial charge on any atom is 0.193 e. The van der Waals surface area contributed by atoms with Crippen molar-refractivity contribution >= 4 is 5.96 Å². The fourth-order valence-electron chi connectivity index (χ4n) is 4.17. The van der Waals surface area contributed by atoms with Crippen LogP contribution in [0.15, 0.2) is 4.99 Å². The molecule has 0 bridgehead atoms.